The first-order chi connectivity index (χ1) is 10.2. The molecule has 8 heteroatoms. The van der Waals surface area contributed by atoms with Gasteiger partial charge in [0.05, 0.1) is 17.2 Å². The van der Waals surface area contributed by atoms with Crippen molar-refractivity contribution in [2.75, 3.05) is 5.75 Å². The number of hydrogen-bond acceptors (Lipinski definition) is 6. The molecule has 0 unspecified atom stereocenters. The highest BCUT2D eigenvalue weighted by Crippen LogP contribution is 2.23. The van der Waals surface area contributed by atoms with Crippen molar-refractivity contribution in [2.45, 2.75) is 6.54 Å². The molecule has 2 amide bonds. The van der Waals surface area contributed by atoms with Crippen molar-refractivity contribution >= 4 is 51.4 Å². The highest BCUT2D eigenvalue weighted by Gasteiger charge is 2.28. The van der Waals surface area contributed by atoms with Crippen LogP contribution in [-0.4, -0.2) is 27.6 Å². The molecule has 0 aromatic carbocycles. The average molecular weight is 337 g/mol. The third kappa shape index (κ3) is 3.34. The molecular formula is C13H11N3O2S3. The molecule has 3 rings (SSSR count). The summed E-state index contributed by atoms with van der Waals surface area (Å²) in [4.78, 5) is 27.0. The van der Waals surface area contributed by atoms with Gasteiger partial charge in [0.15, 0.2) is 0 Å². The van der Waals surface area contributed by atoms with E-state index in [1.54, 1.807) is 22.3 Å². The lowest BCUT2D eigenvalue weighted by Gasteiger charge is -2.14. The Labute approximate surface area is 133 Å². The number of nitrogens with one attached hydrogen (secondary N) is 1. The van der Waals surface area contributed by atoms with Crippen LogP contribution in [0.2, 0.25) is 0 Å². The minimum absolute atomic E-state index is 0.0347. The third-order valence-electron chi connectivity index (χ3n) is 2.78. The summed E-state index contributed by atoms with van der Waals surface area (Å²) < 4.78 is 0. The molecule has 2 aromatic heterocycles. The Hall–Kier alpha value is -1.64. The van der Waals surface area contributed by atoms with E-state index in [2.05, 4.69) is 10.5 Å². The fourth-order valence-corrected chi connectivity index (χ4v) is 3.88. The Balaban J connectivity index is 1.69. The lowest BCUT2D eigenvalue weighted by molar-refractivity contribution is 0.0958. The Morgan fingerprint density at radius 1 is 1.29 bits per heavy atom. The zero-order valence-electron chi connectivity index (χ0n) is 10.8. The van der Waals surface area contributed by atoms with Gasteiger partial charge in [-0.05, 0) is 22.9 Å². The predicted molar refractivity (Wildman–Crippen MR) is 86.9 cm³/mol. The summed E-state index contributed by atoms with van der Waals surface area (Å²) in [5.74, 6) is 0.816. The van der Waals surface area contributed by atoms with Gasteiger partial charge in [0.2, 0.25) is 0 Å². The zero-order valence-corrected chi connectivity index (χ0v) is 13.3. The number of amidine groups is 1. The van der Waals surface area contributed by atoms with Crippen LogP contribution in [0.1, 0.15) is 14.5 Å². The van der Waals surface area contributed by atoms with Crippen LogP contribution in [0.25, 0.3) is 0 Å². The molecule has 0 radical (unpaired) electrons. The largest absolute Gasteiger partial charge is 0.287 e. The summed E-state index contributed by atoms with van der Waals surface area (Å²) in [7, 11) is 0. The van der Waals surface area contributed by atoms with Gasteiger partial charge in [-0.25, -0.2) is 5.43 Å². The summed E-state index contributed by atoms with van der Waals surface area (Å²) in [5.41, 5.74) is 2.51. The molecule has 1 fully saturated rings. The van der Waals surface area contributed by atoms with Crippen molar-refractivity contribution in [2.24, 2.45) is 5.10 Å². The van der Waals surface area contributed by atoms with Crippen LogP contribution in [0.15, 0.2) is 40.1 Å². The number of hydrazone groups is 1. The molecule has 1 aliphatic heterocycles. The van der Waals surface area contributed by atoms with E-state index in [0.29, 0.717) is 23.0 Å². The van der Waals surface area contributed by atoms with Crippen LogP contribution in [0.3, 0.4) is 0 Å². The molecule has 0 bridgehead atoms. The molecule has 1 N–H and O–H groups in total. The normalized spacial score (nSPS) is 16.7. The van der Waals surface area contributed by atoms with E-state index in [1.165, 1.54) is 23.1 Å². The van der Waals surface area contributed by atoms with Crippen molar-refractivity contribution in [3.63, 3.8) is 0 Å². The Bertz CT molecular complexity index is 665. The lowest BCUT2D eigenvalue weighted by Crippen LogP contribution is -2.31. The number of carbonyl (C=O) groups excluding carboxylic acids is 2. The summed E-state index contributed by atoms with van der Waals surface area (Å²) in [6.07, 6.45) is 0. The monoisotopic (exact) mass is 337 g/mol. The van der Waals surface area contributed by atoms with Crippen molar-refractivity contribution in [1.29, 1.82) is 0 Å². The van der Waals surface area contributed by atoms with Crippen LogP contribution in [0.5, 0.6) is 0 Å². The van der Waals surface area contributed by atoms with E-state index in [-0.39, 0.29) is 11.1 Å². The van der Waals surface area contributed by atoms with Crippen LogP contribution in [-0.2, 0) is 6.54 Å². The number of rotatable bonds is 4. The number of carbonyl (C=O) groups is 2. The van der Waals surface area contributed by atoms with Crippen LogP contribution in [0.4, 0.5) is 4.79 Å². The minimum Gasteiger partial charge on any atom is -0.284 e. The van der Waals surface area contributed by atoms with Crippen LogP contribution < -0.4 is 5.43 Å². The maximum absolute atomic E-state index is 11.9. The quantitative estimate of drug-likeness (QED) is 0.871. The number of hydrogen-bond donors (Lipinski definition) is 1. The van der Waals surface area contributed by atoms with Crippen molar-refractivity contribution < 1.29 is 9.59 Å². The van der Waals surface area contributed by atoms with Crippen molar-refractivity contribution in [1.82, 2.24) is 10.3 Å². The molecule has 2 aromatic rings. The topological polar surface area (TPSA) is 61.8 Å². The second kappa shape index (κ2) is 6.42. The molecule has 21 heavy (non-hydrogen) atoms. The smallest absolute Gasteiger partial charge is 0.284 e. The molecule has 108 valence electrons. The number of thioether (sulfide) groups is 1. The van der Waals surface area contributed by atoms with Gasteiger partial charge in [0, 0.05) is 4.88 Å². The number of nitrogens with zero attached hydrogens (tertiary/aromatic N) is 2. The highest BCUT2D eigenvalue weighted by atomic mass is 32.2. The number of thiophene rings is 2. The minimum atomic E-state index is -0.252. The van der Waals surface area contributed by atoms with E-state index < -0.39 is 0 Å². The van der Waals surface area contributed by atoms with E-state index in [4.69, 9.17) is 0 Å². The second-order valence-electron chi connectivity index (χ2n) is 4.17. The Kier molecular flexibility index (Phi) is 4.37. The van der Waals surface area contributed by atoms with Gasteiger partial charge in [-0.15, -0.1) is 22.7 Å². The van der Waals surface area contributed by atoms with Gasteiger partial charge in [-0.1, -0.05) is 23.9 Å². The summed E-state index contributed by atoms with van der Waals surface area (Å²) in [5, 5.41) is 7.87. The number of amides is 2. The molecule has 3 heterocycles. The van der Waals surface area contributed by atoms with Gasteiger partial charge >= 0.3 is 0 Å². The summed E-state index contributed by atoms with van der Waals surface area (Å²) in [6, 6.07) is 7.47. The first kappa shape index (κ1) is 14.3. The highest BCUT2D eigenvalue weighted by molar-refractivity contribution is 8.14. The first-order valence-corrected chi connectivity index (χ1v) is 8.85. The van der Waals surface area contributed by atoms with Crippen LogP contribution in [0, 0.1) is 0 Å². The second-order valence-corrected chi connectivity index (χ2v) is 7.07. The van der Waals surface area contributed by atoms with Gasteiger partial charge in [0.25, 0.3) is 11.1 Å². The van der Waals surface area contributed by atoms with E-state index >= 15 is 0 Å². The Morgan fingerprint density at radius 3 is 2.81 bits per heavy atom. The van der Waals surface area contributed by atoms with E-state index in [1.807, 2.05) is 29.0 Å². The molecular weight excluding hydrogens is 326 g/mol. The maximum Gasteiger partial charge on any atom is 0.287 e. The fraction of sp³-hybridized carbons (Fsp3) is 0.154. The summed E-state index contributed by atoms with van der Waals surface area (Å²) >= 11 is 4.14. The molecule has 0 aliphatic carbocycles. The third-order valence-corrected chi connectivity index (χ3v) is 5.38. The van der Waals surface area contributed by atoms with E-state index in [9.17, 15) is 9.59 Å². The fourth-order valence-electron chi connectivity index (χ4n) is 1.77. The van der Waals surface area contributed by atoms with Crippen molar-refractivity contribution in [3.8, 4) is 0 Å². The standard InChI is InChI=1S/C13H11N3O2S3/c17-12(10-4-2-6-20-10)15-14-11-8-21-13(18)16(11)7-9-3-1-5-19-9/h1-6H,7-8H2,(H,15,17)/b14-11+. The molecule has 0 atom stereocenters. The lowest BCUT2D eigenvalue weighted by atomic mass is 10.4. The van der Waals surface area contributed by atoms with Gasteiger partial charge < -0.3 is 0 Å². The summed E-state index contributed by atoms with van der Waals surface area (Å²) in [6.45, 7) is 0.497. The maximum atomic E-state index is 11.9. The molecule has 0 spiro atoms. The molecule has 1 aliphatic rings. The van der Waals surface area contributed by atoms with E-state index in [0.717, 1.165) is 4.88 Å². The molecule has 1 saturated heterocycles. The molecule has 5 nitrogen and oxygen atoms in total. The van der Waals surface area contributed by atoms with Gasteiger partial charge in [0.1, 0.15) is 5.84 Å². The van der Waals surface area contributed by atoms with Crippen molar-refractivity contribution in [3.05, 3.63) is 44.8 Å². The molecule has 0 saturated carbocycles. The zero-order chi connectivity index (χ0) is 14.7. The Morgan fingerprint density at radius 2 is 2.10 bits per heavy atom. The van der Waals surface area contributed by atoms with Crippen LogP contribution >= 0.6 is 34.4 Å². The van der Waals surface area contributed by atoms with Gasteiger partial charge in [-0.3, -0.25) is 14.5 Å². The first-order valence-electron chi connectivity index (χ1n) is 6.11. The SMILES string of the molecule is O=C(N/N=C1\CSC(=O)N1Cc1cccs1)c1cccs1. The predicted octanol–water partition coefficient (Wildman–Crippen LogP) is 3.22. The van der Waals surface area contributed by atoms with Gasteiger partial charge in [-0.2, -0.15) is 5.10 Å². The average Bonchev–Trinajstić information content (AvgIpc) is 3.21.